The molecule has 0 atom stereocenters. The highest BCUT2D eigenvalue weighted by Crippen LogP contribution is 2.21. The van der Waals surface area contributed by atoms with Gasteiger partial charge in [-0.1, -0.05) is 0 Å². The van der Waals surface area contributed by atoms with Crippen LogP contribution in [-0.4, -0.2) is 29.9 Å². The summed E-state index contributed by atoms with van der Waals surface area (Å²) in [5.41, 5.74) is 6.13. The summed E-state index contributed by atoms with van der Waals surface area (Å²) in [6.45, 7) is 1.27. The van der Waals surface area contributed by atoms with Gasteiger partial charge in [0, 0.05) is 19.1 Å². The Hall–Kier alpha value is -0.810. The lowest BCUT2D eigenvalue weighted by Gasteiger charge is -2.36. The van der Waals surface area contributed by atoms with Crippen molar-refractivity contribution in [3.63, 3.8) is 0 Å². The number of halogens is 1. The monoisotopic (exact) mass is 244 g/mol. The minimum absolute atomic E-state index is 0.0256. The first-order chi connectivity index (χ1) is 6.18. The van der Waals surface area contributed by atoms with Crippen molar-refractivity contribution in [2.24, 2.45) is 5.73 Å². The van der Waals surface area contributed by atoms with Gasteiger partial charge in [0.1, 0.15) is 0 Å². The molecule has 13 heavy (non-hydrogen) atoms. The van der Waals surface area contributed by atoms with Gasteiger partial charge in [-0.15, -0.1) is 0 Å². The molecular weight excluding hydrogens is 236 g/mol. The van der Waals surface area contributed by atoms with Gasteiger partial charge in [0.2, 0.25) is 0 Å². The van der Waals surface area contributed by atoms with E-state index in [1.807, 2.05) is 0 Å². The van der Waals surface area contributed by atoms with E-state index in [0.717, 1.165) is 0 Å². The van der Waals surface area contributed by atoms with Crippen molar-refractivity contribution in [1.29, 1.82) is 0 Å². The molecule has 1 aliphatic rings. The van der Waals surface area contributed by atoms with Gasteiger partial charge >= 0.3 is 0 Å². The third-order valence-corrected chi connectivity index (χ3v) is 2.66. The predicted octanol–water partition coefficient (Wildman–Crippen LogP) is 0.825. The van der Waals surface area contributed by atoms with E-state index in [0.29, 0.717) is 23.3 Å². The Balaban J connectivity index is 2.10. The van der Waals surface area contributed by atoms with Crippen LogP contribution in [0.15, 0.2) is 21.4 Å². The molecule has 0 aromatic carbocycles. The Labute approximate surface area is 83.8 Å². The van der Waals surface area contributed by atoms with Gasteiger partial charge in [0.05, 0.1) is 11.8 Å². The molecule has 0 aliphatic carbocycles. The lowest BCUT2D eigenvalue weighted by molar-refractivity contribution is 0.0606. The molecule has 1 aromatic rings. The summed E-state index contributed by atoms with van der Waals surface area (Å²) in [6, 6.07) is 1.78. The summed E-state index contributed by atoms with van der Waals surface area (Å²) in [6.07, 6.45) is 1.48. The first kappa shape index (κ1) is 8.77. The standard InChI is InChI=1S/C8H9BrN2O2/c9-7-6(1-2-13-7)8(12)11-3-5(10)4-11/h1-2,5H,3-4,10H2. The Morgan fingerprint density at radius 3 is 2.85 bits per heavy atom. The number of furan rings is 1. The number of hydrogen-bond donors (Lipinski definition) is 1. The second kappa shape index (κ2) is 3.16. The Bertz CT molecular complexity index is 331. The molecule has 0 bridgehead atoms. The van der Waals surface area contributed by atoms with Gasteiger partial charge in [-0.05, 0) is 22.0 Å². The SMILES string of the molecule is NC1CN(C(=O)c2ccoc2Br)C1. The van der Waals surface area contributed by atoms with Crippen LogP contribution in [0.3, 0.4) is 0 Å². The largest absolute Gasteiger partial charge is 0.457 e. The molecule has 0 radical (unpaired) electrons. The molecule has 2 rings (SSSR count). The van der Waals surface area contributed by atoms with E-state index in [9.17, 15) is 4.79 Å². The Morgan fingerprint density at radius 2 is 2.38 bits per heavy atom. The smallest absolute Gasteiger partial charge is 0.258 e. The van der Waals surface area contributed by atoms with Crippen LogP contribution in [0, 0.1) is 0 Å². The molecule has 1 fully saturated rings. The number of carbonyl (C=O) groups excluding carboxylic acids is 1. The van der Waals surface area contributed by atoms with E-state index < -0.39 is 0 Å². The summed E-state index contributed by atoms with van der Waals surface area (Å²) < 4.78 is 5.45. The molecular formula is C8H9BrN2O2. The fourth-order valence-corrected chi connectivity index (χ4v) is 1.70. The van der Waals surface area contributed by atoms with Crippen molar-refractivity contribution in [2.75, 3.05) is 13.1 Å². The van der Waals surface area contributed by atoms with E-state index in [-0.39, 0.29) is 11.9 Å². The first-order valence-corrected chi connectivity index (χ1v) is 4.75. The lowest BCUT2D eigenvalue weighted by atomic mass is 10.1. The van der Waals surface area contributed by atoms with Crippen LogP contribution < -0.4 is 5.73 Å². The highest BCUT2D eigenvalue weighted by molar-refractivity contribution is 9.10. The quantitative estimate of drug-likeness (QED) is 0.796. The van der Waals surface area contributed by atoms with Crippen molar-refractivity contribution in [3.05, 3.63) is 22.6 Å². The number of carbonyl (C=O) groups is 1. The van der Waals surface area contributed by atoms with Gasteiger partial charge in [0.15, 0.2) is 4.67 Å². The van der Waals surface area contributed by atoms with Crippen LogP contribution in [-0.2, 0) is 0 Å². The van der Waals surface area contributed by atoms with Gasteiger partial charge in [0.25, 0.3) is 5.91 Å². The highest BCUT2D eigenvalue weighted by Gasteiger charge is 2.29. The van der Waals surface area contributed by atoms with E-state index in [1.165, 1.54) is 6.26 Å². The lowest BCUT2D eigenvalue weighted by Crippen LogP contribution is -2.57. The first-order valence-electron chi connectivity index (χ1n) is 3.96. The fraction of sp³-hybridized carbons (Fsp3) is 0.375. The maximum atomic E-state index is 11.6. The predicted molar refractivity (Wildman–Crippen MR) is 50.3 cm³/mol. The topological polar surface area (TPSA) is 59.5 Å². The average molecular weight is 245 g/mol. The van der Waals surface area contributed by atoms with Crippen molar-refractivity contribution in [3.8, 4) is 0 Å². The van der Waals surface area contributed by atoms with Crippen LogP contribution in [0.5, 0.6) is 0 Å². The van der Waals surface area contributed by atoms with E-state index in [2.05, 4.69) is 15.9 Å². The molecule has 0 saturated carbocycles. The van der Waals surface area contributed by atoms with E-state index >= 15 is 0 Å². The van der Waals surface area contributed by atoms with Gasteiger partial charge in [-0.25, -0.2) is 0 Å². The van der Waals surface area contributed by atoms with Crippen molar-refractivity contribution in [2.45, 2.75) is 6.04 Å². The van der Waals surface area contributed by atoms with Crippen LogP contribution >= 0.6 is 15.9 Å². The molecule has 2 heterocycles. The van der Waals surface area contributed by atoms with E-state index in [4.69, 9.17) is 10.2 Å². The number of nitrogens with two attached hydrogens (primary N) is 1. The second-order valence-corrected chi connectivity index (χ2v) is 3.80. The molecule has 1 amide bonds. The maximum Gasteiger partial charge on any atom is 0.258 e. The second-order valence-electron chi connectivity index (χ2n) is 3.08. The van der Waals surface area contributed by atoms with Crippen LogP contribution in [0.4, 0.5) is 0 Å². The summed E-state index contributed by atoms with van der Waals surface area (Å²) in [5, 5.41) is 0. The molecule has 0 unspecified atom stereocenters. The molecule has 70 valence electrons. The zero-order valence-corrected chi connectivity index (χ0v) is 8.45. The molecule has 5 heteroatoms. The van der Waals surface area contributed by atoms with E-state index in [1.54, 1.807) is 11.0 Å². The molecule has 4 nitrogen and oxygen atoms in total. The number of amides is 1. The number of nitrogens with zero attached hydrogens (tertiary/aromatic N) is 1. The minimum atomic E-state index is -0.0256. The average Bonchev–Trinajstić information content (AvgIpc) is 2.44. The van der Waals surface area contributed by atoms with Crippen molar-refractivity contribution >= 4 is 21.8 Å². The summed E-state index contributed by atoms with van der Waals surface area (Å²) >= 11 is 3.16. The summed E-state index contributed by atoms with van der Waals surface area (Å²) in [4.78, 5) is 13.3. The van der Waals surface area contributed by atoms with Crippen LogP contribution in [0.25, 0.3) is 0 Å². The highest BCUT2D eigenvalue weighted by atomic mass is 79.9. The summed E-state index contributed by atoms with van der Waals surface area (Å²) in [7, 11) is 0. The Morgan fingerprint density at radius 1 is 1.69 bits per heavy atom. The zero-order chi connectivity index (χ0) is 9.42. The van der Waals surface area contributed by atoms with Gasteiger partial charge in [-0.2, -0.15) is 0 Å². The molecule has 1 saturated heterocycles. The van der Waals surface area contributed by atoms with Crippen molar-refractivity contribution < 1.29 is 9.21 Å². The van der Waals surface area contributed by atoms with Gasteiger partial charge in [-0.3, -0.25) is 4.79 Å². The maximum absolute atomic E-state index is 11.6. The van der Waals surface area contributed by atoms with Crippen molar-refractivity contribution in [1.82, 2.24) is 4.90 Å². The molecule has 1 aromatic heterocycles. The van der Waals surface area contributed by atoms with Crippen LogP contribution in [0.1, 0.15) is 10.4 Å². The van der Waals surface area contributed by atoms with Crippen LogP contribution in [0.2, 0.25) is 0 Å². The fourth-order valence-electron chi connectivity index (χ4n) is 1.30. The van der Waals surface area contributed by atoms with Gasteiger partial charge < -0.3 is 15.1 Å². The molecule has 1 aliphatic heterocycles. The normalized spacial score (nSPS) is 17.2. The number of likely N-dealkylation sites (tertiary alicyclic amines) is 1. The molecule has 0 spiro atoms. The number of rotatable bonds is 1. The Kier molecular flexibility index (Phi) is 2.13. The number of hydrogen-bond acceptors (Lipinski definition) is 3. The zero-order valence-electron chi connectivity index (χ0n) is 6.87. The third-order valence-electron chi connectivity index (χ3n) is 2.05. The minimum Gasteiger partial charge on any atom is -0.457 e. The molecule has 2 N–H and O–H groups in total. The summed E-state index contributed by atoms with van der Waals surface area (Å²) in [5.74, 6) is -0.0256. The third kappa shape index (κ3) is 1.49.